The molecule has 0 bridgehead atoms. The number of halogens is 1. The van der Waals surface area contributed by atoms with Gasteiger partial charge in [0.25, 0.3) is 0 Å². The molecular formula is C17H15ClN4O2. The number of methoxy groups -OCH3 is 2. The molecule has 1 heterocycles. The average molecular weight is 343 g/mol. The smallest absolute Gasteiger partial charge is 0.179 e. The molecule has 3 rings (SSSR count). The van der Waals surface area contributed by atoms with E-state index in [-0.39, 0.29) is 0 Å². The number of hydrogen-bond donors (Lipinski definition) is 1. The standard InChI is InChI=1S/C17H15ClN4O2/c1-23-15-8-11(7-14(18)16(15)24-2)9-19-21-17-13-6-4-3-5-12(13)10-20-22-17/h3-10H,1-2H3,(H,21,22)/b19-9-. The molecule has 0 spiro atoms. The number of hydrogen-bond acceptors (Lipinski definition) is 6. The highest BCUT2D eigenvalue weighted by Crippen LogP contribution is 2.35. The maximum absolute atomic E-state index is 6.18. The van der Waals surface area contributed by atoms with Gasteiger partial charge in [0.2, 0.25) is 0 Å². The van der Waals surface area contributed by atoms with Crippen molar-refractivity contribution in [1.82, 2.24) is 10.2 Å². The highest BCUT2D eigenvalue weighted by Gasteiger charge is 2.10. The molecule has 0 aliphatic heterocycles. The highest BCUT2D eigenvalue weighted by molar-refractivity contribution is 6.32. The van der Waals surface area contributed by atoms with Crippen LogP contribution >= 0.6 is 11.6 Å². The molecule has 0 unspecified atom stereocenters. The van der Waals surface area contributed by atoms with Gasteiger partial charge in [0.05, 0.1) is 31.7 Å². The molecule has 0 saturated heterocycles. The van der Waals surface area contributed by atoms with Gasteiger partial charge in [0.15, 0.2) is 17.3 Å². The van der Waals surface area contributed by atoms with Gasteiger partial charge in [-0.3, -0.25) is 5.43 Å². The summed E-state index contributed by atoms with van der Waals surface area (Å²) in [5.41, 5.74) is 3.66. The Bertz CT molecular complexity index is 894. The van der Waals surface area contributed by atoms with Crippen LogP contribution in [0.3, 0.4) is 0 Å². The van der Waals surface area contributed by atoms with Gasteiger partial charge < -0.3 is 9.47 Å². The summed E-state index contributed by atoms with van der Waals surface area (Å²) in [5.74, 6) is 1.61. The number of aromatic nitrogens is 2. The van der Waals surface area contributed by atoms with Crippen LogP contribution in [-0.4, -0.2) is 30.6 Å². The molecular weight excluding hydrogens is 328 g/mol. The van der Waals surface area contributed by atoms with Crippen molar-refractivity contribution in [3.63, 3.8) is 0 Å². The third-order valence-electron chi connectivity index (χ3n) is 3.41. The topological polar surface area (TPSA) is 68.6 Å². The van der Waals surface area contributed by atoms with E-state index in [2.05, 4.69) is 20.7 Å². The molecule has 7 heteroatoms. The zero-order valence-corrected chi connectivity index (χ0v) is 13.9. The fourth-order valence-corrected chi connectivity index (χ4v) is 2.59. The lowest BCUT2D eigenvalue weighted by atomic mass is 10.2. The fourth-order valence-electron chi connectivity index (χ4n) is 2.29. The lowest BCUT2D eigenvalue weighted by Gasteiger charge is -2.10. The predicted octanol–water partition coefficient (Wildman–Crippen LogP) is 3.75. The molecule has 0 amide bonds. The Balaban J connectivity index is 1.85. The van der Waals surface area contributed by atoms with Gasteiger partial charge in [-0.05, 0) is 17.7 Å². The van der Waals surface area contributed by atoms with Crippen molar-refractivity contribution in [1.29, 1.82) is 0 Å². The van der Waals surface area contributed by atoms with E-state index in [4.69, 9.17) is 21.1 Å². The summed E-state index contributed by atoms with van der Waals surface area (Å²) in [4.78, 5) is 0. The number of benzene rings is 2. The summed E-state index contributed by atoms with van der Waals surface area (Å²) in [6.45, 7) is 0. The Morgan fingerprint density at radius 3 is 2.79 bits per heavy atom. The molecule has 0 radical (unpaired) electrons. The number of rotatable bonds is 5. The minimum atomic E-state index is 0.447. The number of nitrogens with zero attached hydrogens (tertiary/aromatic N) is 3. The van der Waals surface area contributed by atoms with Gasteiger partial charge in [0, 0.05) is 10.8 Å². The van der Waals surface area contributed by atoms with Crippen LogP contribution < -0.4 is 14.9 Å². The summed E-state index contributed by atoms with van der Waals surface area (Å²) < 4.78 is 10.5. The van der Waals surface area contributed by atoms with E-state index < -0.39 is 0 Å². The third kappa shape index (κ3) is 3.23. The van der Waals surface area contributed by atoms with Crippen LogP contribution in [-0.2, 0) is 0 Å². The number of fused-ring (bicyclic) bond motifs is 1. The van der Waals surface area contributed by atoms with E-state index in [0.717, 1.165) is 16.3 Å². The minimum absolute atomic E-state index is 0.447. The third-order valence-corrected chi connectivity index (χ3v) is 3.69. The van der Waals surface area contributed by atoms with Crippen molar-refractivity contribution < 1.29 is 9.47 Å². The molecule has 24 heavy (non-hydrogen) atoms. The SMILES string of the molecule is COc1cc(/C=N\Nc2nncc3ccccc23)cc(Cl)c1OC. The molecule has 1 N–H and O–H groups in total. The zero-order chi connectivity index (χ0) is 16.9. The lowest BCUT2D eigenvalue weighted by Crippen LogP contribution is -1.97. The maximum atomic E-state index is 6.18. The number of hydrazone groups is 1. The van der Waals surface area contributed by atoms with E-state index >= 15 is 0 Å². The summed E-state index contributed by atoms with van der Waals surface area (Å²) in [7, 11) is 3.09. The van der Waals surface area contributed by atoms with Crippen molar-refractivity contribution in [3.8, 4) is 11.5 Å². The molecule has 0 fully saturated rings. The molecule has 0 atom stereocenters. The molecule has 0 aliphatic rings. The minimum Gasteiger partial charge on any atom is -0.493 e. The zero-order valence-electron chi connectivity index (χ0n) is 13.2. The fraction of sp³-hybridized carbons (Fsp3) is 0.118. The molecule has 6 nitrogen and oxygen atoms in total. The average Bonchev–Trinajstić information content (AvgIpc) is 2.61. The Labute approximate surface area is 144 Å². The Hall–Kier alpha value is -2.86. The number of ether oxygens (including phenoxy) is 2. The van der Waals surface area contributed by atoms with Crippen LogP contribution in [0.25, 0.3) is 10.8 Å². The Morgan fingerprint density at radius 1 is 1.17 bits per heavy atom. The van der Waals surface area contributed by atoms with Crippen molar-refractivity contribution in [2.24, 2.45) is 5.10 Å². The second-order valence-electron chi connectivity index (χ2n) is 4.89. The van der Waals surface area contributed by atoms with Crippen LogP contribution in [0.1, 0.15) is 5.56 Å². The van der Waals surface area contributed by atoms with E-state index in [1.807, 2.05) is 24.3 Å². The number of anilines is 1. The second-order valence-corrected chi connectivity index (χ2v) is 5.30. The lowest BCUT2D eigenvalue weighted by molar-refractivity contribution is 0.355. The quantitative estimate of drug-likeness (QED) is 0.565. The molecule has 0 saturated carbocycles. The van der Waals surface area contributed by atoms with E-state index in [0.29, 0.717) is 22.3 Å². The first-order valence-corrected chi connectivity index (χ1v) is 7.51. The molecule has 1 aromatic heterocycles. The summed E-state index contributed by atoms with van der Waals surface area (Å²) in [5, 5.41) is 14.6. The van der Waals surface area contributed by atoms with Crippen molar-refractivity contribution in [2.75, 3.05) is 19.6 Å². The van der Waals surface area contributed by atoms with Crippen molar-refractivity contribution in [2.45, 2.75) is 0 Å². The maximum Gasteiger partial charge on any atom is 0.179 e. The first kappa shape index (κ1) is 16.0. The summed E-state index contributed by atoms with van der Waals surface area (Å²) in [6, 6.07) is 11.3. The van der Waals surface area contributed by atoms with E-state index in [9.17, 15) is 0 Å². The Morgan fingerprint density at radius 2 is 2.00 bits per heavy atom. The molecule has 3 aromatic rings. The molecule has 2 aromatic carbocycles. The van der Waals surface area contributed by atoms with Crippen LogP contribution in [0.2, 0.25) is 5.02 Å². The van der Waals surface area contributed by atoms with Crippen LogP contribution in [0, 0.1) is 0 Å². The van der Waals surface area contributed by atoms with Crippen LogP contribution in [0.5, 0.6) is 11.5 Å². The Kier molecular flexibility index (Phi) is 4.77. The van der Waals surface area contributed by atoms with Gasteiger partial charge >= 0.3 is 0 Å². The van der Waals surface area contributed by atoms with Crippen molar-refractivity contribution in [3.05, 3.63) is 53.2 Å². The van der Waals surface area contributed by atoms with Gasteiger partial charge in [-0.2, -0.15) is 10.2 Å². The van der Waals surface area contributed by atoms with Gasteiger partial charge in [-0.15, -0.1) is 5.10 Å². The normalized spacial score (nSPS) is 11.0. The highest BCUT2D eigenvalue weighted by atomic mass is 35.5. The van der Waals surface area contributed by atoms with Crippen LogP contribution in [0.15, 0.2) is 47.7 Å². The molecule has 122 valence electrons. The van der Waals surface area contributed by atoms with Gasteiger partial charge in [-0.25, -0.2) is 0 Å². The summed E-state index contributed by atoms with van der Waals surface area (Å²) in [6.07, 6.45) is 3.33. The first-order chi connectivity index (χ1) is 11.7. The monoisotopic (exact) mass is 342 g/mol. The van der Waals surface area contributed by atoms with Crippen LogP contribution in [0.4, 0.5) is 5.82 Å². The van der Waals surface area contributed by atoms with Crippen molar-refractivity contribution >= 4 is 34.4 Å². The predicted molar refractivity (Wildman–Crippen MR) is 95.3 cm³/mol. The summed E-state index contributed by atoms with van der Waals surface area (Å²) >= 11 is 6.18. The largest absolute Gasteiger partial charge is 0.493 e. The first-order valence-electron chi connectivity index (χ1n) is 7.14. The second kappa shape index (κ2) is 7.14. The van der Waals surface area contributed by atoms with E-state index in [1.165, 1.54) is 7.11 Å². The van der Waals surface area contributed by atoms with E-state index in [1.54, 1.807) is 31.7 Å². The van der Waals surface area contributed by atoms with Gasteiger partial charge in [0.1, 0.15) is 0 Å². The molecule has 0 aliphatic carbocycles. The van der Waals surface area contributed by atoms with Gasteiger partial charge in [-0.1, -0.05) is 35.9 Å². The number of nitrogens with one attached hydrogen (secondary N) is 1.